The van der Waals surface area contributed by atoms with E-state index in [0.29, 0.717) is 12.4 Å². The Kier molecular flexibility index (Phi) is 4.83. The van der Waals surface area contributed by atoms with Crippen LogP contribution in [0.4, 0.5) is 5.82 Å². The topological polar surface area (TPSA) is 73.1 Å². The van der Waals surface area contributed by atoms with Crippen molar-refractivity contribution in [2.75, 3.05) is 18.4 Å². The lowest BCUT2D eigenvalue weighted by atomic mass is 10.4. The van der Waals surface area contributed by atoms with Gasteiger partial charge in [0.05, 0.1) is 6.10 Å². The Morgan fingerprint density at radius 3 is 2.93 bits per heavy atom. The van der Waals surface area contributed by atoms with E-state index in [0.717, 1.165) is 18.8 Å². The van der Waals surface area contributed by atoms with E-state index < -0.39 is 0 Å². The Labute approximate surface area is 90.1 Å². The van der Waals surface area contributed by atoms with Crippen molar-refractivity contribution in [3.05, 3.63) is 12.4 Å². The number of nitrogens with zero attached hydrogens (tertiary/aromatic N) is 2. The smallest absolute Gasteiger partial charge is 0.218 e. The highest BCUT2D eigenvalue weighted by molar-refractivity contribution is 5.36. The number of aromatic nitrogens is 2. The van der Waals surface area contributed by atoms with Gasteiger partial charge in [-0.25, -0.2) is 9.97 Å². The molecule has 1 aromatic rings. The first-order valence-corrected chi connectivity index (χ1v) is 5.15. The minimum Gasteiger partial charge on any atom is -0.475 e. The lowest BCUT2D eigenvalue weighted by Gasteiger charge is -2.09. The first kappa shape index (κ1) is 11.7. The molecule has 0 fully saturated rings. The van der Waals surface area contributed by atoms with Crippen LogP contribution in [0.2, 0.25) is 0 Å². The number of hydrogen-bond acceptors (Lipinski definition) is 5. The van der Waals surface area contributed by atoms with Crippen LogP contribution in [-0.2, 0) is 0 Å². The summed E-state index contributed by atoms with van der Waals surface area (Å²) in [5.41, 5.74) is 5.39. The van der Waals surface area contributed by atoms with Gasteiger partial charge in [-0.1, -0.05) is 0 Å². The predicted molar refractivity (Wildman–Crippen MR) is 60.0 cm³/mol. The van der Waals surface area contributed by atoms with Gasteiger partial charge in [-0.2, -0.15) is 0 Å². The van der Waals surface area contributed by atoms with E-state index in [1.54, 1.807) is 6.07 Å². The van der Waals surface area contributed by atoms with Crippen molar-refractivity contribution in [1.82, 2.24) is 9.97 Å². The molecule has 1 heterocycles. The minimum absolute atomic E-state index is 0.122. The van der Waals surface area contributed by atoms with Crippen molar-refractivity contribution in [1.29, 1.82) is 0 Å². The maximum atomic E-state index is 5.45. The second-order valence-corrected chi connectivity index (χ2v) is 3.48. The highest BCUT2D eigenvalue weighted by Crippen LogP contribution is 2.12. The van der Waals surface area contributed by atoms with Crippen LogP contribution in [0, 0.1) is 0 Å². The molecule has 0 amide bonds. The van der Waals surface area contributed by atoms with Gasteiger partial charge in [0.1, 0.15) is 12.1 Å². The molecule has 0 saturated carbocycles. The number of hydrogen-bond donors (Lipinski definition) is 2. The van der Waals surface area contributed by atoms with Crippen LogP contribution in [0.25, 0.3) is 0 Å². The summed E-state index contributed by atoms with van der Waals surface area (Å²) in [7, 11) is 0. The monoisotopic (exact) mass is 210 g/mol. The Morgan fingerprint density at radius 1 is 1.47 bits per heavy atom. The number of anilines is 1. The van der Waals surface area contributed by atoms with Gasteiger partial charge in [-0.15, -0.1) is 0 Å². The lowest BCUT2D eigenvalue weighted by Crippen LogP contribution is -2.11. The molecule has 0 aliphatic rings. The first-order chi connectivity index (χ1) is 7.22. The number of nitrogens with one attached hydrogen (secondary N) is 1. The van der Waals surface area contributed by atoms with Crippen molar-refractivity contribution >= 4 is 5.82 Å². The van der Waals surface area contributed by atoms with E-state index in [2.05, 4.69) is 15.3 Å². The average molecular weight is 210 g/mol. The molecule has 1 aromatic heterocycles. The highest BCUT2D eigenvalue weighted by Gasteiger charge is 2.00. The Morgan fingerprint density at radius 2 is 2.27 bits per heavy atom. The molecule has 0 aromatic carbocycles. The Bertz CT molecular complexity index is 291. The van der Waals surface area contributed by atoms with Gasteiger partial charge in [-0.3, -0.25) is 0 Å². The maximum Gasteiger partial charge on any atom is 0.218 e. The second kappa shape index (κ2) is 6.19. The fourth-order valence-corrected chi connectivity index (χ4v) is 1.06. The fourth-order valence-electron chi connectivity index (χ4n) is 1.06. The molecule has 0 aliphatic heterocycles. The molecule has 0 radical (unpaired) electrons. The zero-order valence-electron chi connectivity index (χ0n) is 9.23. The van der Waals surface area contributed by atoms with Crippen LogP contribution < -0.4 is 15.8 Å². The van der Waals surface area contributed by atoms with Gasteiger partial charge in [0.15, 0.2) is 0 Å². The molecule has 0 unspecified atom stereocenters. The summed E-state index contributed by atoms with van der Waals surface area (Å²) in [5, 5.41) is 3.15. The summed E-state index contributed by atoms with van der Waals surface area (Å²) in [6, 6.07) is 1.79. The number of rotatable bonds is 6. The van der Waals surface area contributed by atoms with Crippen molar-refractivity contribution < 1.29 is 4.74 Å². The van der Waals surface area contributed by atoms with E-state index in [4.69, 9.17) is 10.5 Å². The van der Waals surface area contributed by atoms with Crippen LogP contribution in [-0.4, -0.2) is 29.2 Å². The molecule has 1 rings (SSSR count). The molecule has 3 N–H and O–H groups in total. The SMILES string of the molecule is CC(C)Oc1cc(NCCCN)ncn1. The minimum atomic E-state index is 0.122. The molecular formula is C10H18N4O. The molecular weight excluding hydrogens is 192 g/mol. The summed E-state index contributed by atoms with van der Waals surface area (Å²) in [5.74, 6) is 1.37. The number of ether oxygens (including phenoxy) is 1. The van der Waals surface area contributed by atoms with Crippen LogP contribution in [0.15, 0.2) is 12.4 Å². The van der Waals surface area contributed by atoms with Crippen LogP contribution in [0.3, 0.4) is 0 Å². The third-order valence-electron chi connectivity index (χ3n) is 1.69. The van der Waals surface area contributed by atoms with Crippen LogP contribution in [0.1, 0.15) is 20.3 Å². The largest absolute Gasteiger partial charge is 0.475 e. The van der Waals surface area contributed by atoms with Gasteiger partial charge in [-0.05, 0) is 26.8 Å². The van der Waals surface area contributed by atoms with Gasteiger partial charge < -0.3 is 15.8 Å². The zero-order chi connectivity index (χ0) is 11.1. The summed E-state index contributed by atoms with van der Waals surface area (Å²) < 4.78 is 5.45. The standard InChI is InChI=1S/C10H18N4O/c1-8(2)15-10-6-9(13-7-14-10)12-5-3-4-11/h6-8H,3-5,11H2,1-2H3,(H,12,13,14). The third-order valence-corrected chi connectivity index (χ3v) is 1.69. The molecule has 5 heteroatoms. The number of nitrogens with two attached hydrogens (primary N) is 1. The lowest BCUT2D eigenvalue weighted by molar-refractivity contribution is 0.232. The highest BCUT2D eigenvalue weighted by atomic mass is 16.5. The van der Waals surface area contributed by atoms with Crippen molar-refractivity contribution in [3.8, 4) is 5.88 Å². The molecule has 5 nitrogen and oxygen atoms in total. The summed E-state index contributed by atoms with van der Waals surface area (Å²) in [6.45, 7) is 5.41. The molecule has 0 atom stereocenters. The van der Waals surface area contributed by atoms with Gasteiger partial charge in [0, 0.05) is 12.6 Å². The van der Waals surface area contributed by atoms with E-state index >= 15 is 0 Å². The molecule has 0 spiro atoms. The summed E-state index contributed by atoms with van der Waals surface area (Å²) in [6.07, 6.45) is 2.53. The predicted octanol–water partition coefficient (Wildman–Crippen LogP) is 1.02. The zero-order valence-corrected chi connectivity index (χ0v) is 9.23. The van der Waals surface area contributed by atoms with Crippen molar-refractivity contribution in [2.45, 2.75) is 26.4 Å². The molecule has 15 heavy (non-hydrogen) atoms. The molecule has 0 bridgehead atoms. The Balaban J connectivity index is 2.50. The molecule has 84 valence electrons. The van der Waals surface area contributed by atoms with E-state index in [1.807, 2.05) is 13.8 Å². The molecule has 0 saturated heterocycles. The van der Waals surface area contributed by atoms with E-state index in [-0.39, 0.29) is 6.10 Å². The fraction of sp³-hybridized carbons (Fsp3) is 0.600. The first-order valence-electron chi connectivity index (χ1n) is 5.15. The maximum absolute atomic E-state index is 5.45. The Hall–Kier alpha value is -1.36. The van der Waals surface area contributed by atoms with Gasteiger partial charge in [0.25, 0.3) is 0 Å². The third kappa shape index (κ3) is 4.60. The second-order valence-electron chi connectivity index (χ2n) is 3.48. The van der Waals surface area contributed by atoms with E-state index in [1.165, 1.54) is 6.33 Å². The summed E-state index contributed by atoms with van der Waals surface area (Å²) >= 11 is 0. The van der Waals surface area contributed by atoms with Crippen LogP contribution in [0.5, 0.6) is 5.88 Å². The average Bonchev–Trinajstić information content (AvgIpc) is 2.18. The van der Waals surface area contributed by atoms with Crippen LogP contribution >= 0.6 is 0 Å². The van der Waals surface area contributed by atoms with E-state index in [9.17, 15) is 0 Å². The summed E-state index contributed by atoms with van der Waals surface area (Å²) in [4.78, 5) is 8.09. The quantitative estimate of drug-likeness (QED) is 0.686. The van der Waals surface area contributed by atoms with Crippen molar-refractivity contribution in [2.24, 2.45) is 5.73 Å². The van der Waals surface area contributed by atoms with Crippen molar-refractivity contribution in [3.63, 3.8) is 0 Å². The molecule has 0 aliphatic carbocycles. The van der Waals surface area contributed by atoms with Gasteiger partial charge in [0.2, 0.25) is 5.88 Å². The normalized spacial score (nSPS) is 10.4. The van der Waals surface area contributed by atoms with Gasteiger partial charge >= 0.3 is 0 Å².